The second kappa shape index (κ2) is 6.80. The van der Waals surface area contributed by atoms with Crippen molar-refractivity contribution in [1.82, 2.24) is 4.90 Å². The Morgan fingerprint density at radius 2 is 1.96 bits per heavy atom. The molecule has 0 saturated carbocycles. The van der Waals surface area contributed by atoms with Crippen molar-refractivity contribution in [2.45, 2.75) is 32.4 Å². The standard InChI is InChI=1S/C18H15BrF3NO2/c1-11-6-14(19)7-13-9-23(16(10-24)17(11)13)8-12-2-4-15(5-3-12)25-18(20,21)22/h2-7,10,16H,8-9H2,1H3. The van der Waals surface area contributed by atoms with Crippen LogP contribution in [-0.2, 0) is 17.9 Å². The minimum atomic E-state index is -4.70. The Balaban J connectivity index is 1.77. The van der Waals surface area contributed by atoms with Crippen LogP contribution in [0, 0.1) is 6.92 Å². The number of nitrogens with zero attached hydrogens (tertiary/aromatic N) is 1. The highest BCUT2D eigenvalue weighted by atomic mass is 79.9. The molecule has 1 heterocycles. The van der Waals surface area contributed by atoms with E-state index in [1.807, 2.05) is 24.0 Å². The second-order valence-electron chi connectivity index (χ2n) is 5.97. The molecule has 1 unspecified atom stereocenters. The van der Waals surface area contributed by atoms with Crippen molar-refractivity contribution < 1.29 is 22.7 Å². The van der Waals surface area contributed by atoms with E-state index in [9.17, 15) is 18.0 Å². The average Bonchev–Trinajstić information content (AvgIpc) is 2.85. The molecule has 0 fully saturated rings. The van der Waals surface area contributed by atoms with Gasteiger partial charge in [0.05, 0.1) is 6.04 Å². The lowest BCUT2D eigenvalue weighted by Crippen LogP contribution is -2.23. The summed E-state index contributed by atoms with van der Waals surface area (Å²) in [6.07, 6.45) is -3.79. The van der Waals surface area contributed by atoms with Crippen LogP contribution in [0.1, 0.15) is 28.3 Å². The first-order chi connectivity index (χ1) is 11.8. The molecule has 132 valence electrons. The first-order valence-corrected chi connectivity index (χ1v) is 8.39. The molecule has 0 aliphatic carbocycles. The van der Waals surface area contributed by atoms with Gasteiger partial charge in [-0.1, -0.05) is 28.1 Å². The fraction of sp³-hybridized carbons (Fsp3) is 0.278. The minimum Gasteiger partial charge on any atom is -0.406 e. The number of fused-ring (bicyclic) bond motifs is 1. The Hall–Kier alpha value is -1.86. The molecule has 2 aromatic rings. The molecule has 0 spiro atoms. The summed E-state index contributed by atoms with van der Waals surface area (Å²) in [6, 6.07) is 9.34. The molecule has 1 aliphatic rings. The number of aryl methyl sites for hydroxylation is 1. The van der Waals surface area contributed by atoms with Crippen molar-refractivity contribution in [3.63, 3.8) is 0 Å². The number of carbonyl (C=O) groups excluding carboxylic acids is 1. The van der Waals surface area contributed by atoms with E-state index < -0.39 is 6.36 Å². The number of hydrogen-bond acceptors (Lipinski definition) is 3. The zero-order valence-corrected chi connectivity index (χ0v) is 14.9. The van der Waals surface area contributed by atoms with E-state index in [4.69, 9.17) is 0 Å². The van der Waals surface area contributed by atoms with Crippen LogP contribution in [0.5, 0.6) is 5.75 Å². The Labute approximate surface area is 151 Å². The summed E-state index contributed by atoms with van der Waals surface area (Å²) < 4.78 is 41.5. The quantitative estimate of drug-likeness (QED) is 0.666. The van der Waals surface area contributed by atoms with Gasteiger partial charge in [-0.2, -0.15) is 0 Å². The molecular weight excluding hydrogens is 399 g/mol. The summed E-state index contributed by atoms with van der Waals surface area (Å²) in [5.74, 6) is -0.257. The van der Waals surface area contributed by atoms with Crippen molar-refractivity contribution >= 4 is 22.2 Å². The average molecular weight is 414 g/mol. The molecule has 0 N–H and O–H groups in total. The van der Waals surface area contributed by atoms with Crippen LogP contribution in [0.4, 0.5) is 13.2 Å². The first kappa shape index (κ1) is 17.9. The van der Waals surface area contributed by atoms with E-state index in [0.717, 1.165) is 33.0 Å². The van der Waals surface area contributed by atoms with Crippen molar-refractivity contribution in [2.75, 3.05) is 0 Å². The minimum absolute atomic E-state index is 0.257. The van der Waals surface area contributed by atoms with Gasteiger partial charge in [-0.15, -0.1) is 13.2 Å². The van der Waals surface area contributed by atoms with Gasteiger partial charge in [-0.25, -0.2) is 0 Å². The highest BCUT2D eigenvalue weighted by Crippen LogP contribution is 2.37. The van der Waals surface area contributed by atoms with Crippen LogP contribution < -0.4 is 4.74 Å². The second-order valence-corrected chi connectivity index (χ2v) is 6.89. The summed E-state index contributed by atoms with van der Waals surface area (Å²) in [6.45, 7) is 3.04. The van der Waals surface area contributed by atoms with Gasteiger partial charge in [0.1, 0.15) is 12.0 Å². The molecule has 2 aromatic carbocycles. The van der Waals surface area contributed by atoms with E-state index in [0.29, 0.717) is 13.1 Å². The number of aldehydes is 1. The maximum atomic E-state index is 12.2. The number of benzene rings is 2. The Morgan fingerprint density at radius 3 is 2.56 bits per heavy atom. The summed E-state index contributed by atoms with van der Waals surface area (Å²) in [5, 5.41) is 0. The van der Waals surface area contributed by atoms with Crippen molar-refractivity contribution in [3.05, 3.63) is 63.1 Å². The van der Waals surface area contributed by atoms with E-state index in [1.54, 1.807) is 12.1 Å². The Morgan fingerprint density at radius 1 is 1.28 bits per heavy atom. The summed E-state index contributed by atoms with van der Waals surface area (Å²) >= 11 is 3.46. The lowest BCUT2D eigenvalue weighted by atomic mass is 10.00. The molecule has 1 aliphatic heterocycles. The van der Waals surface area contributed by atoms with Gasteiger partial charge in [-0.05, 0) is 53.4 Å². The Bertz CT molecular complexity index is 790. The molecule has 0 aromatic heterocycles. The van der Waals surface area contributed by atoms with Crippen molar-refractivity contribution in [1.29, 1.82) is 0 Å². The molecule has 7 heteroatoms. The van der Waals surface area contributed by atoms with Crippen LogP contribution in [0.25, 0.3) is 0 Å². The van der Waals surface area contributed by atoms with Gasteiger partial charge in [0.25, 0.3) is 0 Å². The van der Waals surface area contributed by atoms with Gasteiger partial charge >= 0.3 is 6.36 Å². The molecule has 0 radical (unpaired) electrons. The number of ether oxygens (including phenoxy) is 1. The normalized spacial score (nSPS) is 17.4. The van der Waals surface area contributed by atoms with Gasteiger partial charge < -0.3 is 9.53 Å². The zero-order valence-electron chi connectivity index (χ0n) is 13.3. The largest absolute Gasteiger partial charge is 0.573 e. The first-order valence-electron chi connectivity index (χ1n) is 7.60. The molecule has 3 rings (SSSR count). The number of rotatable bonds is 4. The summed E-state index contributed by atoms with van der Waals surface area (Å²) in [4.78, 5) is 13.6. The van der Waals surface area contributed by atoms with Gasteiger partial charge in [0.15, 0.2) is 0 Å². The van der Waals surface area contributed by atoms with E-state index in [2.05, 4.69) is 20.7 Å². The van der Waals surface area contributed by atoms with E-state index in [-0.39, 0.29) is 11.8 Å². The highest BCUT2D eigenvalue weighted by molar-refractivity contribution is 9.10. The van der Waals surface area contributed by atoms with Crippen molar-refractivity contribution in [2.24, 2.45) is 0 Å². The topological polar surface area (TPSA) is 29.5 Å². The zero-order chi connectivity index (χ0) is 18.2. The van der Waals surface area contributed by atoms with Gasteiger partial charge in [0, 0.05) is 17.6 Å². The maximum Gasteiger partial charge on any atom is 0.573 e. The van der Waals surface area contributed by atoms with Crippen LogP contribution in [-0.4, -0.2) is 17.5 Å². The molecule has 3 nitrogen and oxygen atoms in total. The van der Waals surface area contributed by atoms with Crippen LogP contribution in [0.2, 0.25) is 0 Å². The van der Waals surface area contributed by atoms with E-state index in [1.165, 1.54) is 12.1 Å². The predicted octanol–water partition coefficient (Wildman–Crippen LogP) is 4.91. The van der Waals surface area contributed by atoms with Gasteiger partial charge in [0.2, 0.25) is 0 Å². The van der Waals surface area contributed by atoms with Crippen LogP contribution in [0.15, 0.2) is 40.9 Å². The molecule has 0 amide bonds. The molecule has 0 bridgehead atoms. The third-order valence-electron chi connectivity index (χ3n) is 4.17. The molecule has 25 heavy (non-hydrogen) atoms. The smallest absolute Gasteiger partial charge is 0.406 e. The number of carbonyl (C=O) groups is 1. The number of halogens is 4. The number of alkyl halides is 3. The van der Waals surface area contributed by atoms with Crippen LogP contribution >= 0.6 is 15.9 Å². The van der Waals surface area contributed by atoms with E-state index >= 15 is 0 Å². The number of hydrogen-bond donors (Lipinski definition) is 0. The summed E-state index contributed by atoms with van der Waals surface area (Å²) in [5.41, 5.74) is 3.94. The lowest BCUT2D eigenvalue weighted by molar-refractivity contribution is -0.274. The SMILES string of the molecule is Cc1cc(Br)cc2c1C(C=O)N(Cc1ccc(OC(F)(F)F)cc1)C2. The predicted molar refractivity (Wildman–Crippen MR) is 90.1 cm³/mol. The Kier molecular flexibility index (Phi) is 4.88. The lowest BCUT2D eigenvalue weighted by Gasteiger charge is -2.21. The molecular formula is C18H15BrF3NO2. The van der Waals surface area contributed by atoms with Crippen molar-refractivity contribution in [3.8, 4) is 5.75 Å². The third kappa shape index (κ3) is 4.04. The fourth-order valence-corrected chi connectivity index (χ4v) is 3.84. The fourth-order valence-electron chi connectivity index (χ4n) is 3.22. The van der Waals surface area contributed by atoms with Gasteiger partial charge in [-0.3, -0.25) is 4.90 Å². The maximum absolute atomic E-state index is 12.2. The summed E-state index contributed by atoms with van der Waals surface area (Å²) in [7, 11) is 0. The molecule has 1 atom stereocenters. The highest BCUT2D eigenvalue weighted by Gasteiger charge is 2.32. The van der Waals surface area contributed by atoms with Crippen LogP contribution in [0.3, 0.4) is 0 Å². The third-order valence-corrected chi connectivity index (χ3v) is 4.63. The molecule has 0 saturated heterocycles. The monoisotopic (exact) mass is 413 g/mol.